The van der Waals surface area contributed by atoms with Crippen LogP contribution in [0.3, 0.4) is 0 Å². The summed E-state index contributed by atoms with van der Waals surface area (Å²) < 4.78 is 12.0. The van der Waals surface area contributed by atoms with E-state index in [4.69, 9.17) is 14.6 Å². The first-order valence-electron chi connectivity index (χ1n) is 14.5. The summed E-state index contributed by atoms with van der Waals surface area (Å²) in [6.45, 7) is 2.29. The fraction of sp³-hybridized carbons (Fsp3) is 0.562. The fourth-order valence-corrected chi connectivity index (χ4v) is 5.75. The SMILES string of the molecule is CSCC[C@H](NC(=O)c1ccc(CO[C@H](COCC(O)CO)CC2CCCCC2)cc1-c1ccccc1C)C(=O)[O-].[Li+]. The minimum atomic E-state index is -1.30. The van der Waals surface area contributed by atoms with Gasteiger partial charge >= 0.3 is 18.9 Å². The normalized spacial score (nSPS) is 15.8. The molecule has 0 aromatic heterocycles. The molecule has 10 heteroatoms. The minimum absolute atomic E-state index is 0. The van der Waals surface area contributed by atoms with E-state index in [1.165, 1.54) is 43.9 Å². The minimum Gasteiger partial charge on any atom is -0.548 e. The molecule has 1 fully saturated rings. The largest absolute Gasteiger partial charge is 1.00 e. The summed E-state index contributed by atoms with van der Waals surface area (Å²) in [5.41, 5.74) is 3.84. The van der Waals surface area contributed by atoms with E-state index in [0.29, 0.717) is 36.0 Å². The van der Waals surface area contributed by atoms with Crippen molar-refractivity contribution in [1.82, 2.24) is 5.32 Å². The molecule has 3 rings (SSSR count). The first-order valence-corrected chi connectivity index (χ1v) is 15.9. The zero-order chi connectivity index (χ0) is 29.6. The van der Waals surface area contributed by atoms with Crippen LogP contribution < -0.4 is 29.3 Å². The number of ether oxygens (including phenoxy) is 2. The molecule has 1 saturated carbocycles. The van der Waals surface area contributed by atoms with Crippen molar-refractivity contribution in [2.45, 2.75) is 76.7 Å². The Kier molecular flexibility index (Phi) is 16.8. The molecule has 2 aromatic rings. The maximum absolute atomic E-state index is 13.3. The number of nitrogens with one attached hydrogen (secondary N) is 1. The Bertz CT molecular complexity index is 1110. The van der Waals surface area contributed by atoms with Crippen molar-refractivity contribution in [3.63, 3.8) is 0 Å². The molecule has 3 atom stereocenters. The third kappa shape index (κ3) is 11.7. The van der Waals surface area contributed by atoms with Crippen LogP contribution in [0.25, 0.3) is 11.1 Å². The van der Waals surface area contributed by atoms with E-state index in [1.54, 1.807) is 6.07 Å². The monoisotopic (exact) mass is 593 g/mol. The number of thioether (sulfide) groups is 1. The van der Waals surface area contributed by atoms with Gasteiger partial charge in [0.15, 0.2) is 0 Å². The summed E-state index contributed by atoms with van der Waals surface area (Å²) in [6, 6.07) is 12.2. The zero-order valence-corrected chi connectivity index (χ0v) is 26.0. The predicted molar refractivity (Wildman–Crippen MR) is 160 cm³/mol. The quantitative estimate of drug-likeness (QED) is 0.226. The summed E-state index contributed by atoms with van der Waals surface area (Å²) in [6.07, 6.45) is 7.99. The van der Waals surface area contributed by atoms with Crippen molar-refractivity contribution in [1.29, 1.82) is 0 Å². The number of carbonyl (C=O) groups is 2. The molecule has 0 spiro atoms. The predicted octanol–water partition coefficient (Wildman–Crippen LogP) is 0.493. The molecular weight excluding hydrogens is 549 g/mol. The molecule has 1 amide bonds. The Morgan fingerprint density at radius 1 is 1.10 bits per heavy atom. The van der Waals surface area contributed by atoms with Gasteiger partial charge in [-0.2, -0.15) is 11.8 Å². The van der Waals surface area contributed by atoms with Crippen molar-refractivity contribution >= 4 is 23.6 Å². The van der Waals surface area contributed by atoms with Gasteiger partial charge in [-0.3, -0.25) is 4.79 Å². The first kappa shape index (κ1) is 36.4. The fourth-order valence-electron chi connectivity index (χ4n) is 5.28. The van der Waals surface area contributed by atoms with Gasteiger partial charge in [0.1, 0.15) is 6.10 Å². The Morgan fingerprint density at radius 2 is 1.83 bits per heavy atom. The number of hydrogen-bond acceptors (Lipinski definition) is 8. The van der Waals surface area contributed by atoms with Crippen molar-refractivity contribution < 1.29 is 53.2 Å². The van der Waals surface area contributed by atoms with Gasteiger partial charge in [-0.05, 0) is 72.1 Å². The number of rotatable bonds is 17. The van der Waals surface area contributed by atoms with Crippen molar-refractivity contribution in [3.05, 3.63) is 59.2 Å². The van der Waals surface area contributed by atoms with Crippen LogP contribution in [0.4, 0.5) is 0 Å². The van der Waals surface area contributed by atoms with Crippen LogP contribution in [0.5, 0.6) is 0 Å². The number of aliphatic carboxylic acids is 1. The Balaban J connectivity index is 0.00000616. The number of amides is 1. The van der Waals surface area contributed by atoms with E-state index in [2.05, 4.69) is 5.32 Å². The van der Waals surface area contributed by atoms with Crippen molar-refractivity contribution in [2.75, 3.05) is 31.8 Å². The molecule has 1 aliphatic carbocycles. The molecule has 3 N–H and O–H groups in total. The number of carboxylic acids is 1. The molecular formula is C32H44LiNO7S. The summed E-state index contributed by atoms with van der Waals surface area (Å²) in [5.74, 6) is -0.606. The third-order valence-corrected chi connectivity index (χ3v) is 8.24. The van der Waals surface area contributed by atoms with Crippen LogP contribution in [-0.4, -0.2) is 72.2 Å². The number of aliphatic hydroxyl groups excluding tert-OH is 2. The summed E-state index contributed by atoms with van der Waals surface area (Å²) >= 11 is 1.51. The molecule has 0 heterocycles. The van der Waals surface area contributed by atoms with Crippen LogP contribution in [0.15, 0.2) is 42.5 Å². The second kappa shape index (κ2) is 19.4. The van der Waals surface area contributed by atoms with Gasteiger partial charge in [-0.1, -0.05) is 62.4 Å². The first-order chi connectivity index (χ1) is 19.8. The van der Waals surface area contributed by atoms with Gasteiger partial charge in [-0.15, -0.1) is 0 Å². The molecule has 226 valence electrons. The van der Waals surface area contributed by atoms with Crippen LogP contribution in [0, 0.1) is 12.8 Å². The second-order valence-corrected chi connectivity index (χ2v) is 11.9. The molecule has 2 aromatic carbocycles. The number of hydrogen-bond donors (Lipinski definition) is 3. The van der Waals surface area contributed by atoms with E-state index in [9.17, 15) is 19.8 Å². The Hall–Kier alpha value is -1.83. The Labute approximate surface area is 266 Å². The summed E-state index contributed by atoms with van der Waals surface area (Å²) in [5, 5.41) is 33.1. The van der Waals surface area contributed by atoms with Crippen molar-refractivity contribution in [3.8, 4) is 11.1 Å². The van der Waals surface area contributed by atoms with Gasteiger partial charge in [0.05, 0.1) is 44.5 Å². The molecule has 1 aliphatic rings. The maximum Gasteiger partial charge on any atom is 1.00 e. The molecule has 1 unspecified atom stereocenters. The third-order valence-electron chi connectivity index (χ3n) is 7.60. The Morgan fingerprint density at radius 3 is 2.50 bits per heavy atom. The number of aliphatic hydroxyl groups is 2. The van der Waals surface area contributed by atoms with Gasteiger partial charge in [0.25, 0.3) is 5.91 Å². The van der Waals surface area contributed by atoms with Gasteiger partial charge in [0, 0.05) is 5.56 Å². The van der Waals surface area contributed by atoms with Gasteiger partial charge < -0.3 is 34.9 Å². The van der Waals surface area contributed by atoms with E-state index in [0.717, 1.165) is 23.1 Å². The van der Waals surface area contributed by atoms with Crippen LogP contribution in [-0.2, 0) is 20.9 Å². The molecule has 0 aliphatic heterocycles. The number of aryl methyl sites for hydroxylation is 1. The average Bonchev–Trinajstić information content (AvgIpc) is 2.98. The molecule has 42 heavy (non-hydrogen) atoms. The molecule has 0 bridgehead atoms. The number of carboxylic acid groups (broad SMARTS) is 1. The van der Waals surface area contributed by atoms with Gasteiger partial charge in [-0.25, -0.2) is 0 Å². The topological polar surface area (TPSA) is 128 Å². The summed E-state index contributed by atoms with van der Waals surface area (Å²) in [4.78, 5) is 25.0. The molecule has 8 nitrogen and oxygen atoms in total. The van der Waals surface area contributed by atoms with Gasteiger partial charge in [0.2, 0.25) is 0 Å². The zero-order valence-electron chi connectivity index (χ0n) is 25.2. The van der Waals surface area contributed by atoms with Crippen molar-refractivity contribution in [2.24, 2.45) is 5.92 Å². The van der Waals surface area contributed by atoms with E-state index >= 15 is 0 Å². The van der Waals surface area contributed by atoms with E-state index in [-0.39, 0.29) is 44.6 Å². The van der Waals surface area contributed by atoms with Crippen LogP contribution in [0.1, 0.15) is 66.4 Å². The molecule has 0 radical (unpaired) electrons. The second-order valence-electron chi connectivity index (χ2n) is 10.9. The maximum atomic E-state index is 13.3. The summed E-state index contributed by atoms with van der Waals surface area (Å²) in [7, 11) is 0. The smallest absolute Gasteiger partial charge is 0.548 e. The van der Waals surface area contributed by atoms with E-state index in [1.807, 2.05) is 49.6 Å². The standard InChI is InChI=1S/C32H45NO7S.Li/c1-22-8-6-7-11-27(22)29-17-24(12-13-28(29)31(36)33-30(32(37)38)14-15-41-2)19-40-26(21-39-20-25(35)18-34)16-23-9-4-3-5-10-23;/h6-8,11-13,17,23,25-26,30,34-35H,3-5,9-10,14-16,18-21H2,1-2H3,(H,33,36)(H,37,38);/q;+1/p-1/t25?,26-,30-;/m0./s1. The number of carbonyl (C=O) groups excluding carboxylic acids is 2. The van der Waals surface area contributed by atoms with Crippen LogP contribution in [0.2, 0.25) is 0 Å². The number of benzene rings is 2. The molecule has 0 saturated heterocycles. The average molecular weight is 594 g/mol. The van der Waals surface area contributed by atoms with Crippen LogP contribution >= 0.6 is 11.8 Å². The van der Waals surface area contributed by atoms with E-state index < -0.39 is 24.0 Å².